The van der Waals surface area contributed by atoms with Crippen LogP contribution in [0.25, 0.3) is 0 Å². The lowest BCUT2D eigenvalue weighted by Crippen LogP contribution is -1.89. The van der Waals surface area contributed by atoms with E-state index in [9.17, 15) is 0 Å². The summed E-state index contributed by atoms with van der Waals surface area (Å²) in [5.41, 5.74) is 1.25. The lowest BCUT2D eigenvalue weighted by molar-refractivity contribution is 1.10. The van der Waals surface area contributed by atoms with Gasteiger partial charge in [-0.2, -0.15) is 0 Å². The van der Waals surface area contributed by atoms with E-state index in [1.165, 1.54) is 5.56 Å². The summed E-state index contributed by atoms with van der Waals surface area (Å²) in [6.45, 7) is 2.12. The molecule has 0 unspecified atom stereocenters. The Morgan fingerprint density at radius 3 is 1.31 bits per heavy atom. The molecule has 0 atom stereocenters. The number of rotatable bonds is 1. The fraction of sp³-hybridized carbons (Fsp3) is 0.250. The third-order valence-corrected chi connectivity index (χ3v) is 7.91. The first-order valence-corrected chi connectivity index (χ1v) is 7.47. The Labute approximate surface area is 119 Å². The molecule has 0 aliphatic heterocycles. The van der Waals surface area contributed by atoms with E-state index in [-0.39, 0.29) is 0 Å². The van der Waals surface area contributed by atoms with Crippen LogP contribution in [-0.2, 0) is 6.42 Å². The quantitative estimate of drug-likeness (QED) is 0.321. The normalized spacial score (nSPS) is 10.6. The van der Waals surface area contributed by atoms with Gasteiger partial charge in [-0.1, -0.05) is 6.92 Å². The van der Waals surface area contributed by atoms with E-state index < -0.39 is 0 Å². The molecule has 0 bridgehead atoms. The van der Waals surface area contributed by atoms with E-state index in [0.717, 1.165) is 28.8 Å². The summed E-state index contributed by atoms with van der Waals surface area (Å²) in [4.78, 5) is 0. The van der Waals surface area contributed by atoms with Crippen molar-refractivity contribution in [1.29, 1.82) is 0 Å². The number of hydrogen-bond donors (Lipinski definition) is 0. The Balaban J connectivity index is 3.56. The molecule has 1 rings (SSSR count). The van der Waals surface area contributed by atoms with Crippen molar-refractivity contribution in [3.8, 4) is 0 Å². The van der Waals surface area contributed by atoms with E-state index in [1.807, 2.05) is 0 Å². The van der Waals surface area contributed by atoms with Crippen LogP contribution in [-0.4, -0.2) is 0 Å². The molecule has 0 N–H and O–H groups in total. The topological polar surface area (TPSA) is 0 Å². The van der Waals surface area contributed by atoms with Crippen LogP contribution >= 0.6 is 79.6 Å². The molecule has 13 heavy (non-hydrogen) atoms. The van der Waals surface area contributed by atoms with Crippen LogP contribution < -0.4 is 0 Å². The summed E-state index contributed by atoms with van der Waals surface area (Å²) in [6, 6.07) is 0. The molecule has 0 aliphatic carbocycles. The Morgan fingerprint density at radius 2 is 1.00 bits per heavy atom. The Bertz CT molecular complexity index is 316. The second-order valence-corrected chi connectivity index (χ2v) is 6.37. The standard InChI is InChI=1S/C8H5Br5/c1-2-3-4(9)6(11)8(13)7(12)5(3)10/h2H2,1H3/i3+1,4+1,5+1,6+1,7+1,8+1. The minimum Gasteiger partial charge on any atom is -0.0612 e. The third-order valence-electron chi connectivity index (χ3n) is 1.65. The maximum atomic E-state index is 3.55. The van der Waals surface area contributed by atoms with Gasteiger partial charge in [0.1, 0.15) is 0 Å². The molecule has 0 aromatic heterocycles. The fourth-order valence-corrected chi connectivity index (χ4v) is 4.65. The summed E-state index contributed by atoms with van der Waals surface area (Å²) < 4.78 is 5.29. The zero-order valence-electron chi connectivity index (χ0n) is 6.60. The minimum atomic E-state index is 0.978. The summed E-state index contributed by atoms with van der Waals surface area (Å²) in [5.74, 6) is 0. The highest BCUT2D eigenvalue weighted by atomic mass is 79.9. The van der Waals surface area contributed by atoms with E-state index in [4.69, 9.17) is 0 Å². The zero-order valence-corrected chi connectivity index (χ0v) is 14.5. The van der Waals surface area contributed by atoms with Crippen molar-refractivity contribution >= 4 is 79.6 Å². The SMILES string of the molecule is CC[13c]1[13c](Br)[13c](Br)[13c](Br)[13c](Br)[13c]1Br. The lowest BCUT2D eigenvalue weighted by Gasteiger charge is -2.11. The van der Waals surface area contributed by atoms with Crippen LogP contribution in [0.2, 0.25) is 0 Å². The first-order valence-electron chi connectivity index (χ1n) is 3.51. The molecule has 1 aromatic carbocycles. The second-order valence-electron chi connectivity index (χ2n) is 2.40. The van der Waals surface area contributed by atoms with Gasteiger partial charge in [-0.05, 0) is 91.6 Å². The molecule has 72 valence electrons. The summed E-state index contributed by atoms with van der Waals surface area (Å²) in [7, 11) is 0. The molecule has 0 saturated carbocycles. The molecule has 0 amide bonds. The van der Waals surface area contributed by atoms with Crippen molar-refractivity contribution in [2.45, 2.75) is 13.3 Å². The highest BCUT2D eigenvalue weighted by Gasteiger charge is 2.15. The van der Waals surface area contributed by atoms with E-state index in [0.29, 0.717) is 0 Å². The Morgan fingerprint density at radius 1 is 0.692 bits per heavy atom. The van der Waals surface area contributed by atoms with Crippen molar-refractivity contribution in [3.05, 3.63) is 27.9 Å². The summed E-state index contributed by atoms with van der Waals surface area (Å²) >= 11 is 17.6. The zero-order chi connectivity index (χ0) is 10.2. The maximum absolute atomic E-state index is 3.55. The van der Waals surface area contributed by atoms with Gasteiger partial charge in [0.15, 0.2) is 0 Å². The van der Waals surface area contributed by atoms with Crippen molar-refractivity contribution in [2.24, 2.45) is 0 Å². The minimum absolute atomic E-state index is 0.978. The second kappa shape index (κ2) is 5.10. The van der Waals surface area contributed by atoms with E-state index >= 15 is 0 Å². The molecule has 1 aromatic rings. The average molecular weight is 507 g/mol. The van der Waals surface area contributed by atoms with Crippen LogP contribution in [0.3, 0.4) is 0 Å². The van der Waals surface area contributed by atoms with Crippen molar-refractivity contribution in [2.75, 3.05) is 0 Å². The Kier molecular flexibility index (Phi) is 4.98. The molecule has 0 heterocycles. The van der Waals surface area contributed by atoms with Crippen LogP contribution in [0.4, 0.5) is 0 Å². The Hall–Kier alpha value is 1.62. The van der Waals surface area contributed by atoms with Gasteiger partial charge >= 0.3 is 0 Å². The van der Waals surface area contributed by atoms with Crippen LogP contribution in [0.5, 0.6) is 0 Å². The van der Waals surface area contributed by atoms with Gasteiger partial charge < -0.3 is 0 Å². The van der Waals surface area contributed by atoms with Crippen LogP contribution in [0, 0.1) is 0 Å². The monoisotopic (exact) mass is 502 g/mol. The molecule has 0 nitrogen and oxygen atoms in total. The summed E-state index contributed by atoms with van der Waals surface area (Å²) in [6.07, 6.45) is 0.978. The molecule has 0 spiro atoms. The first-order chi connectivity index (χ1) is 6.00. The number of halogens is 5. The predicted molar refractivity (Wildman–Crippen MR) is 74.3 cm³/mol. The van der Waals surface area contributed by atoms with E-state index in [1.54, 1.807) is 0 Å². The van der Waals surface area contributed by atoms with Crippen molar-refractivity contribution < 1.29 is 0 Å². The predicted octanol–water partition coefficient (Wildman–Crippen LogP) is 6.06. The molecule has 0 fully saturated rings. The van der Waals surface area contributed by atoms with Gasteiger partial charge in [0.2, 0.25) is 0 Å². The highest BCUT2D eigenvalue weighted by Crippen LogP contribution is 2.44. The van der Waals surface area contributed by atoms with Gasteiger partial charge in [0, 0.05) is 22.4 Å². The van der Waals surface area contributed by atoms with Crippen molar-refractivity contribution in [3.63, 3.8) is 0 Å². The number of hydrogen-bond acceptors (Lipinski definition) is 0. The number of benzene rings is 1. The molecule has 0 aliphatic rings. The molecule has 0 saturated heterocycles. The fourth-order valence-electron chi connectivity index (χ4n) is 0.961. The van der Waals surface area contributed by atoms with Crippen LogP contribution in [0.1, 0.15) is 12.5 Å². The maximum Gasteiger partial charge on any atom is 0.0482 e. The lowest BCUT2D eigenvalue weighted by atomic mass is 10.7. The average Bonchev–Trinajstić information content (AvgIpc) is 2.13. The molecule has 5 heteroatoms. The van der Waals surface area contributed by atoms with Gasteiger partial charge in [-0.15, -0.1) is 0 Å². The van der Waals surface area contributed by atoms with Gasteiger partial charge in [-0.25, -0.2) is 0 Å². The highest BCUT2D eigenvalue weighted by molar-refractivity contribution is 9.15. The van der Waals surface area contributed by atoms with Crippen molar-refractivity contribution in [1.82, 2.24) is 0 Å². The molecule has 0 radical (unpaired) electrons. The third kappa shape index (κ3) is 2.41. The van der Waals surface area contributed by atoms with Crippen LogP contribution in [0.15, 0.2) is 22.4 Å². The van der Waals surface area contributed by atoms with Gasteiger partial charge in [0.25, 0.3) is 0 Å². The van der Waals surface area contributed by atoms with Gasteiger partial charge in [0.05, 0.1) is 0 Å². The van der Waals surface area contributed by atoms with E-state index in [2.05, 4.69) is 86.6 Å². The smallest absolute Gasteiger partial charge is 0.0482 e. The summed E-state index contributed by atoms with van der Waals surface area (Å²) in [5, 5.41) is 0. The van der Waals surface area contributed by atoms with Gasteiger partial charge in [-0.3, -0.25) is 0 Å². The molecular weight excluding hydrogens is 502 g/mol. The first kappa shape index (κ1) is 12.7. The molecular formula is C8H5Br5. The largest absolute Gasteiger partial charge is 0.0612 e.